The van der Waals surface area contributed by atoms with E-state index in [1.54, 1.807) is 4.90 Å². The molecule has 6 heteroatoms. The smallest absolute Gasteiger partial charge is 0.317 e. The lowest BCUT2D eigenvalue weighted by molar-refractivity contribution is -0.143. The molecule has 0 spiro atoms. The zero-order chi connectivity index (χ0) is 17.1. The Bertz CT molecular complexity index is 745. The fourth-order valence-electron chi connectivity index (χ4n) is 3.32. The summed E-state index contributed by atoms with van der Waals surface area (Å²) >= 11 is 0. The van der Waals surface area contributed by atoms with Crippen LogP contribution in [0.25, 0.3) is 10.9 Å². The molecular weight excluding hydrogens is 306 g/mol. The largest absolute Gasteiger partial charge is 0.481 e. The minimum atomic E-state index is -0.760. The quantitative estimate of drug-likeness (QED) is 0.806. The molecule has 3 rings (SSSR count). The fourth-order valence-corrected chi connectivity index (χ4v) is 3.32. The molecule has 1 aromatic heterocycles. The molecule has 0 bridgehead atoms. The van der Waals surface area contributed by atoms with Crippen molar-refractivity contribution in [1.29, 1.82) is 0 Å². The van der Waals surface area contributed by atoms with Crippen LogP contribution < -0.4 is 5.32 Å². The van der Waals surface area contributed by atoms with E-state index in [2.05, 4.69) is 29.4 Å². The van der Waals surface area contributed by atoms with Gasteiger partial charge in [0.05, 0.1) is 5.92 Å². The third-order valence-electron chi connectivity index (χ3n) is 4.81. The number of fused-ring (bicyclic) bond motifs is 1. The van der Waals surface area contributed by atoms with Gasteiger partial charge in [0.15, 0.2) is 0 Å². The van der Waals surface area contributed by atoms with Crippen LogP contribution in [0.1, 0.15) is 24.0 Å². The second-order valence-corrected chi connectivity index (χ2v) is 6.39. The number of rotatable bonds is 4. The van der Waals surface area contributed by atoms with Crippen molar-refractivity contribution in [3.8, 4) is 0 Å². The molecule has 1 aliphatic rings. The first kappa shape index (κ1) is 16.4. The molecule has 0 unspecified atom stereocenters. The lowest BCUT2D eigenvalue weighted by atomic mass is 9.97. The van der Waals surface area contributed by atoms with Gasteiger partial charge in [-0.05, 0) is 37.3 Å². The van der Waals surface area contributed by atoms with Gasteiger partial charge in [-0.3, -0.25) is 4.79 Å². The lowest BCUT2D eigenvalue weighted by Gasteiger charge is -2.30. The van der Waals surface area contributed by atoms with E-state index < -0.39 is 5.97 Å². The van der Waals surface area contributed by atoms with Gasteiger partial charge in [0.1, 0.15) is 0 Å². The van der Waals surface area contributed by atoms with E-state index in [4.69, 9.17) is 5.11 Å². The molecule has 2 amide bonds. The highest BCUT2D eigenvalue weighted by Gasteiger charge is 2.26. The minimum Gasteiger partial charge on any atom is -0.481 e. The molecule has 2 aromatic rings. The van der Waals surface area contributed by atoms with Gasteiger partial charge in [0, 0.05) is 36.7 Å². The van der Waals surface area contributed by atoms with Gasteiger partial charge >= 0.3 is 12.0 Å². The number of urea groups is 1. The predicted molar refractivity (Wildman–Crippen MR) is 92.1 cm³/mol. The molecule has 2 heterocycles. The number of aryl methyl sites for hydroxylation is 1. The van der Waals surface area contributed by atoms with E-state index in [1.165, 1.54) is 16.5 Å². The normalized spacial score (nSPS) is 15.6. The highest BCUT2D eigenvalue weighted by atomic mass is 16.4. The number of para-hydroxylation sites is 1. The van der Waals surface area contributed by atoms with E-state index in [-0.39, 0.29) is 11.9 Å². The maximum absolute atomic E-state index is 12.2. The summed E-state index contributed by atoms with van der Waals surface area (Å²) in [4.78, 5) is 28.1. The molecule has 6 nitrogen and oxygen atoms in total. The maximum Gasteiger partial charge on any atom is 0.317 e. The molecule has 1 aromatic carbocycles. The van der Waals surface area contributed by atoms with E-state index in [9.17, 15) is 9.59 Å². The van der Waals surface area contributed by atoms with Gasteiger partial charge in [-0.25, -0.2) is 4.79 Å². The van der Waals surface area contributed by atoms with Gasteiger partial charge in [0.2, 0.25) is 0 Å². The second kappa shape index (κ2) is 6.95. The van der Waals surface area contributed by atoms with Crippen LogP contribution in [-0.4, -0.2) is 46.6 Å². The summed E-state index contributed by atoms with van der Waals surface area (Å²) in [7, 11) is 0. The molecule has 24 heavy (non-hydrogen) atoms. The summed E-state index contributed by atoms with van der Waals surface area (Å²) in [5, 5.41) is 13.1. The summed E-state index contributed by atoms with van der Waals surface area (Å²) in [6.45, 7) is 3.66. The Kier molecular flexibility index (Phi) is 4.74. The first-order valence-corrected chi connectivity index (χ1v) is 8.37. The van der Waals surface area contributed by atoms with Crippen molar-refractivity contribution < 1.29 is 14.7 Å². The van der Waals surface area contributed by atoms with Crippen LogP contribution in [0.3, 0.4) is 0 Å². The third-order valence-corrected chi connectivity index (χ3v) is 4.81. The molecule has 0 atom stereocenters. The number of carbonyl (C=O) groups excluding carboxylic acids is 1. The summed E-state index contributed by atoms with van der Waals surface area (Å²) < 4.78 is 0. The fraction of sp³-hybridized carbons (Fsp3) is 0.444. The Balaban J connectivity index is 1.50. The number of H-pyrrole nitrogens is 1. The Morgan fingerprint density at radius 3 is 2.79 bits per heavy atom. The first-order valence-electron chi connectivity index (χ1n) is 8.37. The zero-order valence-electron chi connectivity index (χ0n) is 13.8. The summed E-state index contributed by atoms with van der Waals surface area (Å²) in [5.41, 5.74) is 3.55. The number of piperidine rings is 1. The molecule has 0 aliphatic carbocycles. The van der Waals surface area contributed by atoms with Crippen molar-refractivity contribution in [2.75, 3.05) is 19.6 Å². The summed E-state index contributed by atoms with van der Waals surface area (Å²) in [6, 6.07) is 6.10. The average molecular weight is 329 g/mol. The Hall–Kier alpha value is -2.50. The molecule has 0 radical (unpaired) electrons. The number of hydrogen-bond acceptors (Lipinski definition) is 2. The minimum absolute atomic E-state index is 0.102. The number of hydrogen-bond donors (Lipinski definition) is 3. The Morgan fingerprint density at radius 1 is 1.33 bits per heavy atom. The van der Waals surface area contributed by atoms with Crippen molar-refractivity contribution >= 4 is 22.9 Å². The van der Waals surface area contributed by atoms with Gasteiger partial charge in [-0.1, -0.05) is 18.2 Å². The second-order valence-electron chi connectivity index (χ2n) is 6.39. The highest BCUT2D eigenvalue weighted by molar-refractivity contribution is 5.86. The number of nitrogens with zero attached hydrogens (tertiary/aromatic N) is 1. The standard InChI is InChI=1S/C18H23N3O3/c1-12-3-2-4-15-14(11-20-16(12)15)5-8-19-18(24)21-9-6-13(7-10-21)17(22)23/h2-4,11,13,20H,5-10H2,1H3,(H,19,24)(H,22,23). The lowest BCUT2D eigenvalue weighted by Crippen LogP contribution is -2.45. The van der Waals surface area contributed by atoms with Crippen molar-refractivity contribution in [3.63, 3.8) is 0 Å². The molecule has 128 valence electrons. The van der Waals surface area contributed by atoms with Gasteiger partial charge in [0.25, 0.3) is 0 Å². The number of amides is 2. The zero-order valence-corrected chi connectivity index (χ0v) is 13.8. The average Bonchev–Trinajstić information content (AvgIpc) is 2.99. The predicted octanol–water partition coefficient (Wildman–Crippen LogP) is 2.53. The number of aromatic nitrogens is 1. The number of nitrogens with one attached hydrogen (secondary N) is 2. The number of carbonyl (C=O) groups is 2. The van der Waals surface area contributed by atoms with Gasteiger partial charge in [-0.2, -0.15) is 0 Å². The summed E-state index contributed by atoms with van der Waals surface area (Å²) in [6.07, 6.45) is 3.83. The first-order chi connectivity index (χ1) is 11.6. The van der Waals surface area contributed by atoms with Crippen LogP contribution in [0.2, 0.25) is 0 Å². The van der Waals surface area contributed by atoms with E-state index in [1.807, 2.05) is 12.3 Å². The highest BCUT2D eigenvalue weighted by Crippen LogP contribution is 2.21. The number of aliphatic carboxylic acids is 1. The number of likely N-dealkylation sites (tertiary alicyclic amines) is 1. The topological polar surface area (TPSA) is 85.4 Å². The monoisotopic (exact) mass is 329 g/mol. The van der Waals surface area contributed by atoms with E-state index in [0.29, 0.717) is 32.5 Å². The van der Waals surface area contributed by atoms with Crippen molar-refractivity contribution in [2.45, 2.75) is 26.2 Å². The van der Waals surface area contributed by atoms with Crippen molar-refractivity contribution in [1.82, 2.24) is 15.2 Å². The van der Waals surface area contributed by atoms with Crippen LogP contribution in [0, 0.1) is 12.8 Å². The van der Waals surface area contributed by atoms with Gasteiger partial charge in [-0.15, -0.1) is 0 Å². The number of benzene rings is 1. The SMILES string of the molecule is Cc1cccc2c(CCNC(=O)N3CCC(C(=O)O)CC3)c[nH]c12. The third kappa shape index (κ3) is 3.37. The van der Waals surface area contributed by atoms with Crippen LogP contribution in [-0.2, 0) is 11.2 Å². The van der Waals surface area contributed by atoms with Crippen LogP contribution >= 0.6 is 0 Å². The van der Waals surface area contributed by atoms with Crippen molar-refractivity contribution in [2.24, 2.45) is 5.92 Å². The molecule has 3 N–H and O–H groups in total. The van der Waals surface area contributed by atoms with Crippen LogP contribution in [0.15, 0.2) is 24.4 Å². The van der Waals surface area contributed by atoms with Gasteiger partial charge < -0.3 is 20.3 Å². The molecular formula is C18H23N3O3. The molecule has 1 aliphatic heterocycles. The molecule has 1 saturated heterocycles. The van der Waals surface area contributed by atoms with E-state index >= 15 is 0 Å². The number of aromatic amines is 1. The summed E-state index contributed by atoms with van der Waals surface area (Å²) in [5.74, 6) is -1.08. The molecule has 1 fully saturated rings. The maximum atomic E-state index is 12.2. The van der Waals surface area contributed by atoms with Crippen LogP contribution in [0.4, 0.5) is 4.79 Å². The number of carboxylic acids is 1. The Morgan fingerprint density at radius 2 is 2.08 bits per heavy atom. The van der Waals surface area contributed by atoms with Crippen molar-refractivity contribution in [3.05, 3.63) is 35.5 Å². The van der Waals surface area contributed by atoms with E-state index in [0.717, 1.165) is 11.9 Å². The van der Waals surface area contributed by atoms with Crippen LogP contribution in [0.5, 0.6) is 0 Å². The number of carboxylic acid groups (broad SMARTS) is 1. The molecule has 0 saturated carbocycles. The Labute approximate surface area is 140 Å².